The molecule has 2 heterocycles. The van der Waals surface area contributed by atoms with Gasteiger partial charge in [-0.1, -0.05) is 6.92 Å². The molecule has 0 aliphatic carbocycles. The molecule has 2 aromatic rings. The predicted molar refractivity (Wildman–Crippen MR) is 90.4 cm³/mol. The molecule has 7 heteroatoms. The first kappa shape index (κ1) is 16.4. The lowest BCUT2D eigenvalue weighted by Crippen LogP contribution is -2.48. The maximum Gasteiger partial charge on any atom is 0.328 e. The molecule has 1 aliphatic heterocycles. The number of amides is 1. The number of rotatable bonds is 3. The number of nitrogens with zero attached hydrogens (tertiary/aromatic N) is 2. The number of fused-ring (bicyclic) bond motifs is 1. The molecule has 1 aliphatic rings. The minimum Gasteiger partial charge on any atom is -0.377 e. The Kier molecular flexibility index (Phi) is 4.53. The van der Waals surface area contributed by atoms with Crippen LogP contribution in [0.3, 0.4) is 0 Å². The van der Waals surface area contributed by atoms with Crippen molar-refractivity contribution in [2.24, 2.45) is 0 Å². The third kappa shape index (κ3) is 2.75. The molecule has 1 aromatic carbocycles. The van der Waals surface area contributed by atoms with Crippen LogP contribution in [-0.2, 0) is 11.3 Å². The van der Waals surface area contributed by atoms with E-state index in [4.69, 9.17) is 4.74 Å². The average molecular weight is 331 g/mol. The van der Waals surface area contributed by atoms with Gasteiger partial charge in [-0.2, -0.15) is 0 Å². The zero-order valence-electron chi connectivity index (χ0n) is 13.9. The van der Waals surface area contributed by atoms with E-state index in [0.29, 0.717) is 42.8 Å². The Balaban J connectivity index is 2.03. The van der Waals surface area contributed by atoms with E-state index in [-0.39, 0.29) is 17.5 Å². The predicted octanol–water partition coefficient (Wildman–Crippen LogP) is 0.961. The van der Waals surface area contributed by atoms with E-state index in [2.05, 4.69) is 4.98 Å². The molecule has 1 atom stereocenters. The van der Waals surface area contributed by atoms with Gasteiger partial charge < -0.3 is 14.6 Å². The number of nitrogens with one attached hydrogen (secondary N) is 1. The van der Waals surface area contributed by atoms with Gasteiger partial charge in [-0.25, -0.2) is 4.79 Å². The smallest absolute Gasteiger partial charge is 0.328 e. The summed E-state index contributed by atoms with van der Waals surface area (Å²) in [5.74, 6) is -0.104. The third-order valence-corrected chi connectivity index (χ3v) is 4.50. The highest BCUT2D eigenvalue weighted by molar-refractivity contribution is 5.97. The van der Waals surface area contributed by atoms with Crippen molar-refractivity contribution in [1.29, 1.82) is 0 Å². The number of morpholine rings is 1. The summed E-state index contributed by atoms with van der Waals surface area (Å²) >= 11 is 0. The summed E-state index contributed by atoms with van der Waals surface area (Å²) in [6, 6.07) is 4.89. The summed E-state index contributed by atoms with van der Waals surface area (Å²) in [5.41, 5.74) is 0.0551. The molecule has 128 valence electrons. The summed E-state index contributed by atoms with van der Waals surface area (Å²) in [6.45, 7) is 5.66. The lowest BCUT2D eigenvalue weighted by molar-refractivity contribution is -0.00279. The van der Waals surface area contributed by atoms with Gasteiger partial charge in [0.25, 0.3) is 11.5 Å². The van der Waals surface area contributed by atoms with Crippen molar-refractivity contribution in [2.45, 2.75) is 32.9 Å². The van der Waals surface area contributed by atoms with Crippen LogP contribution in [0.2, 0.25) is 0 Å². The monoisotopic (exact) mass is 331 g/mol. The quantitative estimate of drug-likeness (QED) is 0.908. The Morgan fingerprint density at radius 3 is 2.83 bits per heavy atom. The van der Waals surface area contributed by atoms with Crippen molar-refractivity contribution in [3.8, 4) is 0 Å². The number of hydrogen-bond donors (Lipinski definition) is 1. The van der Waals surface area contributed by atoms with Crippen LogP contribution < -0.4 is 11.2 Å². The summed E-state index contributed by atoms with van der Waals surface area (Å²) in [6.07, 6.45) is 0.817. The Morgan fingerprint density at radius 1 is 1.33 bits per heavy atom. The maximum absolute atomic E-state index is 12.8. The summed E-state index contributed by atoms with van der Waals surface area (Å²) in [7, 11) is 0. The second-order valence-electron chi connectivity index (χ2n) is 5.88. The number of aromatic nitrogens is 2. The minimum absolute atomic E-state index is 0.0501. The molecular formula is C17H21N3O4. The highest BCUT2D eigenvalue weighted by atomic mass is 16.5. The molecule has 0 saturated carbocycles. The second-order valence-corrected chi connectivity index (χ2v) is 5.88. The Labute approximate surface area is 138 Å². The van der Waals surface area contributed by atoms with Gasteiger partial charge in [-0.3, -0.25) is 14.2 Å². The molecule has 1 amide bonds. The first-order chi connectivity index (χ1) is 11.6. The molecule has 24 heavy (non-hydrogen) atoms. The molecule has 0 unspecified atom stereocenters. The van der Waals surface area contributed by atoms with E-state index < -0.39 is 5.69 Å². The topological polar surface area (TPSA) is 84.4 Å². The van der Waals surface area contributed by atoms with Gasteiger partial charge in [0, 0.05) is 18.7 Å². The van der Waals surface area contributed by atoms with Crippen molar-refractivity contribution >= 4 is 16.8 Å². The van der Waals surface area contributed by atoms with Gasteiger partial charge in [0.15, 0.2) is 0 Å². The van der Waals surface area contributed by atoms with E-state index in [1.165, 1.54) is 0 Å². The van der Waals surface area contributed by atoms with Crippen LogP contribution in [0.25, 0.3) is 10.9 Å². The van der Waals surface area contributed by atoms with Gasteiger partial charge >= 0.3 is 5.69 Å². The summed E-state index contributed by atoms with van der Waals surface area (Å²) in [5, 5.41) is 0.405. The number of H-pyrrole nitrogens is 1. The second kappa shape index (κ2) is 6.60. The molecule has 0 bridgehead atoms. The largest absolute Gasteiger partial charge is 0.377 e. The number of aromatic amines is 1. The van der Waals surface area contributed by atoms with Crippen molar-refractivity contribution in [1.82, 2.24) is 14.5 Å². The number of benzene rings is 1. The van der Waals surface area contributed by atoms with Gasteiger partial charge in [-0.15, -0.1) is 0 Å². The summed E-state index contributed by atoms with van der Waals surface area (Å²) < 4.78 is 6.57. The molecule has 0 radical (unpaired) electrons. The zero-order valence-corrected chi connectivity index (χ0v) is 13.9. The highest BCUT2D eigenvalue weighted by Gasteiger charge is 2.27. The van der Waals surface area contributed by atoms with Crippen LogP contribution >= 0.6 is 0 Å². The molecule has 7 nitrogen and oxygen atoms in total. The SMILES string of the molecule is CC[C@@H]1COCCN1C(=O)c1ccc2c(=O)n(CC)c(=O)[nH]c2c1. The summed E-state index contributed by atoms with van der Waals surface area (Å²) in [4.78, 5) is 41.5. The van der Waals surface area contributed by atoms with Crippen LogP contribution in [0.15, 0.2) is 27.8 Å². The van der Waals surface area contributed by atoms with Crippen LogP contribution in [0.4, 0.5) is 0 Å². The van der Waals surface area contributed by atoms with Crippen LogP contribution in [0, 0.1) is 0 Å². The minimum atomic E-state index is -0.461. The lowest BCUT2D eigenvalue weighted by Gasteiger charge is -2.35. The average Bonchev–Trinajstić information content (AvgIpc) is 2.61. The maximum atomic E-state index is 12.8. The van der Waals surface area contributed by atoms with E-state index >= 15 is 0 Å². The molecule has 1 N–H and O–H groups in total. The lowest BCUT2D eigenvalue weighted by atomic mass is 10.1. The standard InChI is InChI=1S/C17H21N3O4/c1-3-12-10-24-8-7-20(12)15(21)11-5-6-13-14(9-11)18-17(23)19(4-2)16(13)22/h5-6,9,12H,3-4,7-8,10H2,1-2H3,(H,18,23)/t12-/m1/s1. The molecule has 1 aromatic heterocycles. The number of ether oxygens (including phenoxy) is 1. The van der Waals surface area contributed by atoms with Crippen molar-refractivity contribution in [2.75, 3.05) is 19.8 Å². The molecule has 3 rings (SSSR count). The number of carbonyl (C=O) groups is 1. The van der Waals surface area contributed by atoms with Gasteiger partial charge in [0.05, 0.1) is 30.2 Å². The fourth-order valence-electron chi connectivity index (χ4n) is 3.10. The Bertz CT molecular complexity index is 884. The molecule has 0 spiro atoms. The first-order valence-corrected chi connectivity index (χ1v) is 8.22. The molecule has 1 saturated heterocycles. The van der Waals surface area contributed by atoms with E-state index in [1.54, 1.807) is 30.0 Å². The third-order valence-electron chi connectivity index (χ3n) is 4.50. The van der Waals surface area contributed by atoms with E-state index in [1.807, 2.05) is 6.92 Å². The van der Waals surface area contributed by atoms with Gasteiger partial charge in [0.1, 0.15) is 0 Å². The van der Waals surface area contributed by atoms with Gasteiger partial charge in [0.2, 0.25) is 0 Å². The fourth-order valence-corrected chi connectivity index (χ4v) is 3.10. The van der Waals surface area contributed by atoms with Crippen molar-refractivity contribution < 1.29 is 9.53 Å². The van der Waals surface area contributed by atoms with Crippen LogP contribution in [0.1, 0.15) is 30.6 Å². The van der Waals surface area contributed by atoms with E-state index in [9.17, 15) is 14.4 Å². The first-order valence-electron chi connectivity index (χ1n) is 8.22. The fraction of sp³-hybridized carbons (Fsp3) is 0.471. The zero-order chi connectivity index (χ0) is 17.3. The van der Waals surface area contributed by atoms with Crippen LogP contribution in [0.5, 0.6) is 0 Å². The highest BCUT2D eigenvalue weighted by Crippen LogP contribution is 2.17. The van der Waals surface area contributed by atoms with Crippen molar-refractivity contribution in [3.63, 3.8) is 0 Å². The normalized spacial score (nSPS) is 18.1. The molecule has 1 fully saturated rings. The van der Waals surface area contributed by atoms with Crippen molar-refractivity contribution in [3.05, 3.63) is 44.6 Å². The Hall–Kier alpha value is -2.41. The number of carbonyl (C=O) groups excluding carboxylic acids is 1. The van der Waals surface area contributed by atoms with E-state index in [0.717, 1.165) is 11.0 Å². The van der Waals surface area contributed by atoms with Gasteiger partial charge in [-0.05, 0) is 31.5 Å². The Morgan fingerprint density at radius 2 is 2.12 bits per heavy atom. The molecular weight excluding hydrogens is 310 g/mol. The number of hydrogen-bond acceptors (Lipinski definition) is 4. The van der Waals surface area contributed by atoms with Crippen LogP contribution in [-0.4, -0.2) is 46.2 Å².